The van der Waals surface area contributed by atoms with Crippen LogP contribution >= 0.6 is 0 Å². The van der Waals surface area contributed by atoms with E-state index in [0.717, 1.165) is 18.5 Å². The second kappa shape index (κ2) is 7.35. The van der Waals surface area contributed by atoms with Crippen LogP contribution in [-0.4, -0.2) is 31.3 Å². The summed E-state index contributed by atoms with van der Waals surface area (Å²) in [4.78, 5) is 25.3. The van der Waals surface area contributed by atoms with Gasteiger partial charge in [0, 0.05) is 17.4 Å². The number of cyclic esters (lactones) is 1. The summed E-state index contributed by atoms with van der Waals surface area (Å²) in [5.74, 6) is 0. The van der Waals surface area contributed by atoms with Crippen molar-refractivity contribution in [1.29, 1.82) is 0 Å². The first-order chi connectivity index (χ1) is 11.2. The first-order valence-corrected chi connectivity index (χ1v) is 8.34. The zero-order chi connectivity index (χ0) is 16.1. The number of nitrogens with one attached hydrogen (secondary N) is 2. The smallest absolute Gasteiger partial charge is 0.414 e. The van der Waals surface area contributed by atoms with Crippen molar-refractivity contribution >= 4 is 23.5 Å². The van der Waals surface area contributed by atoms with Crippen molar-refractivity contribution in [2.75, 3.05) is 23.4 Å². The molecule has 1 aromatic carbocycles. The van der Waals surface area contributed by atoms with Crippen molar-refractivity contribution in [3.05, 3.63) is 24.3 Å². The van der Waals surface area contributed by atoms with Gasteiger partial charge in [-0.15, -0.1) is 0 Å². The molecule has 23 heavy (non-hydrogen) atoms. The molecule has 2 N–H and O–H groups in total. The number of carbonyl (C=O) groups excluding carboxylic acids is 2. The number of carbonyl (C=O) groups is 2. The number of hydrogen-bond donors (Lipinski definition) is 2. The molecule has 1 saturated carbocycles. The van der Waals surface area contributed by atoms with Gasteiger partial charge in [0.15, 0.2) is 0 Å². The highest BCUT2D eigenvalue weighted by Gasteiger charge is 2.23. The molecule has 3 rings (SSSR count). The molecule has 1 aromatic rings. The zero-order valence-corrected chi connectivity index (χ0v) is 13.2. The third-order valence-electron chi connectivity index (χ3n) is 4.37. The van der Waals surface area contributed by atoms with E-state index >= 15 is 0 Å². The molecule has 1 aliphatic carbocycles. The third kappa shape index (κ3) is 4.15. The molecule has 6 heteroatoms. The lowest BCUT2D eigenvalue weighted by Crippen LogP contribution is -2.37. The topological polar surface area (TPSA) is 70.7 Å². The summed E-state index contributed by atoms with van der Waals surface area (Å²) < 4.78 is 4.94. The van der Waals surface area contributed by atoms with Crippen LogP contribution in [0, 0.1) is 0 Å². The summed E-state index contributed by atoms with van der Waals surface area (Å²) >= 11 is 0. The van der Waals surface area contributed by atoms with E-state index in [4.69, 9.17) is 4.74 Å². The number of benzene rings is 1. The van der Waals surface area contributed by atoms with Gasteiger partial charge in [0.25, 0.3) is 0 Å². The molecule has 0 atom stereocenters. The van der Waals surface area contributed by atoms with Gasteiger partial charge in [0.05, 0.1) is 6.54 Å². The average molecular weight is 317 g/mol. The van der Waals surface area contributed by atoms with Gasteiger partial charge in [-0.3, -0.25) is 4.90 Å². The third-order valence-corrected chi connectivity index (χ3v) is 4.37. The molecule has 6 nitrogen and oxygen atoms in total. The predicted octanol–water partition coefficient (Wildman–Crippen LogP) is 3.49. The molecular formula is C17H23N3O3. The molecule has 0 unspecified atom stereocenters. The van der Waals surface area contributed by atoms with Gasteiger partial charge in [-0.25, -0.2) is 9.59 Å². The van der Waals surface area contributed by atoms with Crippen molar-refractivity contribution in [2.45, 2.75) is 44.6 Å². The normalized spacial score (nSPS) is 19.1. The molecule has 1 saturated heterocycles. The van der Waals surface area contributed by atoms with Crippen molar-refractivity contribution < 1.29 is 14.3 Å². The van der Waals surface area contributed by atoms with Crippen LogP contribution < -0.4 is 15.5 Å². The fourth-order valence-corrected chi connectivity index (χ4v) is 3.16. The molecule has 0 spiro atoms. The first kappa shape index (κ1) is 15.6. The van der Waals surface area contributed by atoms with E-state index in [1.807, 2.05) is 18.2 Å². The maximum Gasteiger partial charge on any atom is 0.414 e. The van der Waals surface area contributed by atoms with E-state index in [-0.39, 0.29) is 18.2 Å². The molecule has 1 heterocycles. The number of nitrogens with zero attached hydrogens (tertiary/aromatic N) is 1. The molecule has 2 fully saturated rings. The summed E-state index contributed by atoms with van der Waals surface area (Å²) in [5.41, 5.74) is 1.41. The van der Waals surface area contributed by atoms with E-state index in [1.54, 1.807) is 11.0 Å². The zero-order valence-electron chi connectivity index (χ0n) is 13.2. The molecule has 0 aromatic heterocycles. The highest BCUT2D eigenvalue weighted by Crippen LogP contribution is 2.22. The molecule has 0 bridgehead atoms. The second-order valence-electron chi connectivity index (χ2n) is 6.10. The standard InChI is InChI=1S/C17H23N3O3/c21-16(18-13-6-3-1-2-4-7-13)19-14-8-5-9-15(12-14)20-10-11-23-17(20)22/h5,8-9,12-13H,1-4,6-7,10-11H2,(H2,18,19,21). The minimum atomic E-state index is -0.343. The van der Waals surface area contributed by atoms with Crippen molar-refractivity contribution in [3.8, 4) is 0 Å². The number of amides is 3. The molecule has 124 valence electrons. The number of hydrogen-bond acceptors (Lipinski definition) is 3. The minimum absolute atomic E-state index is 0.182. The lowest BCUT2D eigenvalue weighted by Gasteiger charge is -2.18. The fourth-order valence-electron chi connectivity index (χ4n) is 3.16. The lowest BCUT2D eigenvalue weighted by molar-refractivity contribution is 0.181. The average Bonchev–Trinajstić information content (AvgIpc) is 2.80. The Morgan fingerprint density at radius 1 is 1.17 bits per heavy atom. The maximum atomic E-state index is 12.2. The van der Waals surface area contributed by atoms with Gasteiger partial charge in [0.1, 0.15) is 6.61 Å². The number of rotatable bonds is 3. The molecule has 2 aliphatic rings. The van der Waals surface area contributed by atoms with Gasteiger partial charge in [0.2, 0.25) is 0 Å². The van der Waals surface area contributed by atoms with Gasteiger partial charge < -0.3 is 15.4 Å². The number of ether oxygens (including phenoxy) is 1. The van der Waals surface area contributed by atoms with E-state index in [0.29, 0.717) is 18.8 Å². The quantitative estimate of drug-likeness (QED) is 0.838. The summed E-state index contributed by atoms with van der Waals surface area (Å²) in [7, 11) is 0. The summed E-state index contributed by atoms with van der Waals surface area (Å²) in [6.07, 6.45) is 6.63. The largest absolute Gasteiger partial charge is 0.447 e. The van der Waals surface area contributed by atoms with Gasteiger partial charge >= 0.3 is 12.1 Å². The highest BCUT2D eigenvalue weighted by molar-refractivity contribution is 5.93. The fraction of sp³-hybridized carbons (Fsp3) is 0.529. The van der Waals surface area contributed by atoms with E-state index < -0.39 is 0 Å². The Kier molecular flexibility index (Phi) is 5.00. The summed E-state index contributed by atoms with van der Waals surface area (Å²) in [6.45, 7) is 0.940. The predicted molar refractivity (Wildman–Crippen MR) is 88.8 cm³/mol. The van der Waals surface area contributed by atoms with Crippen molar-refractivity contribution in [3.63, 3.8) is 0 Å². The van der Waals surface area contributed by atoms with Crippen LogP contribution in [0.5, 0.6) is 0 Å². The molecule has 3 amide bonds. The van der Waals surface area contributed by atoms with Crippen LogP contribution in [0.25, 0.3) is 0 Å². The maximum absolute atomic E-state index is 12.2. The first-order valence-electron chi connectivity index (χ1n) is 8.34. The lowest BCUT2D eigenvalue weighted by atomic mass is 10.1. The number of urea groups is 1. The van der Waals surface area contributed by atoms with Crippen molar-refractivity contribution in [1.82, 2.24) is 5.32 Å². The van der Waals surface area contributed by atoms with E-state index in [2.05, 4.69) is 10.6 Å². The molecule has 0 radical (unpaired) electrons. The van der Waals surface area contributed by atoms with Crippen LogP contribution in [0.3, 0.4) is 0 Å². The highest BCUT2D eigenvalue weighted by atomic mass is 16.6. The summed E-state index contributed by atoms with van der Waals surface area (Å²) in [5, 5.41) is 5.91. The van der Waals surface area contributed by atoms with Crippen LogP contribution in [0.2, 0.25) is 0 Å². The Hall–Kier alpha value is -2.24. The summed E-state index contributed by atoms with van der Waals surface area (Å²) in [6, 6.07) is 7.34. The molecular weight excluding hydrogens is 294 g/mol. The number of anilines is 2. The SMILES string of the molecule is O=C(Nc1cccc(N2CCOC2=O)c1)NC1CCCCCC1. The van der Waals surface area contributed by atoms with Crippen LogP contribution in [0.1, 0.15) is 38.5 Å². The van der Waals surface area contributed by atoms with Crippen LogP contribution in [0.4, 0.5) is 21.0 Å². The van der Waals surface area contributed by atoms with Gasteiger partial charge in [-0.2, -0.15) is 0 Å². The van der Waals surface area contributed by atoms with E-state index in [9.17, 15) is 9.59 Å². The second-order valence-corrected chi connectivity index (χ2v) is 6.10. The Bertz CT molecular complexity index is 568. The Labute approximate surface area is 136 Å². The Morgan fingerprint density at radius 2 is 1.96 bits per heavy atom. The van der Waals surface area contributed by atoms with Gasteiger partial charge in [-0.05, 0) is 31.0 Å². The Balaban J connectivity index is 1.58. The van der Waals surface area contributed by atoms with E-state index in [1.165, 1.54) is 25.7 Å². The monoisotopic (exact) mass is 317 g/mol. The minimum Gasteiger partial charge on any atom is -0.447 e. The van der Waals surface area contributed by atoms with Crippen LogP contribution in [0.15, 0.2) is 24.3 Å². The Morgan fingerprint density at radius 3 is 2.65 bits per heavy atom. The van der Waals surface area contributed by atoms with Crippen LogP contribution in [-0.2, 0) is 4.74 Å². The van der Waals surface area contributed by atoms with Crippen molar-refractivity contribution in [2.24, 2.45) is 0 Å². The molecule has 1 aliphatic heterocycles. The van der Waals surface area contributed by atoms with Gasteiger partial charge in [-0.1, -0.05) is 31.7 Å².